The number of ether oxygens (including phenoxy) is 1. The van der Waals surface area contributed by atoms with Crippen LogP contribution >= 0.6 is 11.6 Å². The van der Waals surface area contributed by atoms with E-state index in [4.69, 9.17) is 16.3 Å². The van der Waals surface area contributed by atoms with Crippen molar-refractivity contribution < 1.29 is 4.74 Å². The van der Waals surface area contributed by atoms with Crippen LogP contribution in [0.4, 0.5) is 0 Å². The molecule has 3 unspecified atom stereocenters. The molecule has 2 heterocycles. The van der Waals surface area contributed by atoms with E-state index in [0.717, 1.165) is 22.9 Å². The summed E-state index contributed by atoms with van der Waals surface area (Å²) >= 11 is 6.22. The predicted molar refractivity (Wildman–Crippen MR) is 87.1 cm³/mol. The standard InChI is InChI=1S/C17H25ClN2O/c1-19-17(15-10-12(18)4-7-16(15)21-3)11-8-13-5-6-14(9-11)20(13)2/h4,7,10-11,13-14,17,19H,5-6,8-9H2,1-3H3. The van der Waals surface area contributed by atoms with Gasteiger partial charge < -0.3 is 15.0 Å². The Morgan fingerprint density at radius 1 is 1.29 bits per heavy atom. The van der Waals surface area contributed by atoms with E-state index in [0.29, 0.717) is 12.0 Å². The first-order valence-electron chi connectivity index (χ1n) is 7.86. The molecule has 0 radical (unpaired) electrons. The van der Waals surface area contributed by atoms with Crippen molar-refractivity contribution in [1.29, 1.82) is 0 Å². The summed E-state index contributed by atoms with van der Waals surface area (Å²) in [6.07, 6.45) is 5.21. The molecule has 21 heavy (non-hydrogen) atoms. The molecule has 3 atom stereocenters. The normalized spacial score (nSPS) is 30.4. The zero-order valence-electron chi connectivity index (χ0n) is 13.1. The molecule has 2 bridgehead atoms. The second-order valence-corrected chi connectivity index (χ2v) is 6.87. The van der Waals surface area contributed by atoms with Crippen molar-refractivity contribution >= 4 is 11.6 Å². The minimum Gasteiger partial charge on any atom is -0.496 e. The Morgan fingerprint density at radius 3 is 2.52 bits per heavy atom. The van der Waals surface area contributed by atoms with Crippen LogP contribution in [0.2, 0.25) is 5.02 Å². The van der Waals surface area contributed by atoms with Gasteiger partial charge >= 0.3 is 0 Å². The molecule has 3 nitrogen and oxygen atoms in total. The van der Waals surface area contributed by atoms with Crippen LogP contribution in [0.25, 0.3) is 0 Å². The number of benzene rings is 1. The van der Waals surface area contributed by atoms with Crippen molar-refractivity contribution in [1.82, 2.24) is 10.2 Å². The first-order chi connectivity index (χ1) is 10.1. The molecular weight excluding hydrogens is 284 g/mol. The summed E-state index contributed by atoms with van der Waals surface area (Å²) in [6.45, 7) is 0. The summed E-state index contributed by atoms with van der Waals surface area (Å²) in [6, 6.07) is 7.74. The number of methoxy groups -OCH3 is 1. The van der Waals surface area contributed by atoms with E-state index in [1.54, 1.807) is 7.11 Å². The quantitative estimate of drug-likeness (QED) is 0.921. The number of hydrogen-bond acceptors (Lipinski definition) is 3. The largest absolute Gasteiger partial charge is 0.496 e. The van der Waals surface area contributed by atoms with Gasteiger partial charge in [0, 0.05) is 28.7 Å². The van der Waals surface area contributed by atoms with Crippen LogP contribution in [-0.2, 0) is 0 Å². The highest BCUT2D eigenvalue weighted by molar-refractivity contribution is 6.30. The fourth-order valence-corrected chi connectivity index (χ4v) is 4.50. The molecule has 1 aromatic rings. The second-order valence-electron chi connectivity index (χ2n) is 6.43. The van der Waals surface area contributed by atoms with Crippen LogP contribution in [0.15, 0.2) is 18.2 Å². The summed E-state index contributed by atoms with van der Waals surface area (Å²) in [7, 11) is 6.07. The van der Waals surface area contributed by atoms with Gasteiger partial charge in [0.25, 0.3) is 0 Å². The lowest BCUT2D eigenvalue weighted by Gasteiger charge is -2.40. The second kappa shape index (κ2) is 6.15. The molecule has 2 aliphatic heterocycles. The number of hydrogen-bond donors (Lipinski definition) is 1. The molecule has 2 fully saturated rings. The minimum atomic E-state index is 0.315. The average Bonchev–Trinajstić information content (AvgIpc) is 2.70. The SMILES string of the molecule is CNC(c1cc(Cl)ccc1OC)C1CC2CCC(C1)N2C. The van der Waals surface area contributed by atoms with Gasteiger partial charge in [-0.25, -0.2) is 0 Å². The van der Waals surface area contributed by atoms with E-state index in [9.17, 15) is 0 Å². The molecular formula is C17H25ClN2O. The fourth-order valence-electron chi connectivity index (χ4n) is 4.32. The van der Waals surface area contributed by atoms with Crippen LogP contribution in [0, 0.1) is 5.92 Å². The van der Waals surface area contributed by atoms with Gasteiger partial charge in [0.2, 0.25) is 0 Å². The first kappa shape index (κ1) is 15.1. The Labute approximate surface area is 132 Å². The van der Waals surface area contributed by atoms with E-state index < -0.39 is 0 Å². The van der Waals surface area contributed by atoms with Crippen molar-refractivity contribution in [2.75, 3.05) is 21.2 Å². The van der Waals surface area contributed by atoms with Crippen molar-refractivity contribution in [2.24, 2.45) is 5.92 Å². The smallest absolute Gasteiger partial charge is 0.123 e. The van der Waals surface area contributed by atoms with Gasteiger partial charge in [-0.3, -0.25) is 0 Å². The molecule has 2 aliphatic rings. The summed E-state index contributed by atoms with van der Waals surface area (Å²) in [5.74, 6) is 1.58. The minimum absolute atomic E-state index is 0.315. The summed E-state index contributed by atoms with van der Waals surface area (Å²) in [5, 5.41) is 4.30. The molecule has 0 aliphatic carbocycles. The van der Waals surface area contributed by atoms with Gasteiger partial charge in [-0.15, -0.1) is 0 Å². The Morgan fingerprint density at radius 2 is 1.95 bits per heavy atom. The number of halogens is 1. The zero-order valence-corrected chi connectivity index (χ0v) is 13.9. The van der Waals surface area contributed by atoms with Crippen molar-refractivity contribution in [3.63, 3.8) is 0 Å². The Kier molecular flexibility index (Phi) is 4.43. The lowest BCUT2D eigenvalue weighted by Crippen LogP contribution is -2.43. The topological polar surface area (TPSA) is 24.5 Å². The van der Waals surface area contributed by atoms with Crippen LogP contribution < -0.4 is 10.1 Å². The third kappa shape index (κ3) is 2.79. The monoisotopic (exact) mass is 308 g/mol. The lowest BCUT2D eigenvalue weighted by molar-refractivity contribution is 0.113. The van der Waals surface area contributed by atoms with Crippen molar-refractivity contribution in [3.05, 3.63) is 28.8 Å². The number of rotatable bonds is 4. The highest BCUT2D eigenvalue weighted by atomic mass is 35.5. The molecule has 0 spiro atoms. The molecule has 2 saturated heterocycles. The van der Waals surface area contributed by atoms with E-state index in [-0.39, 0.29) is 0 Å². The van der Waals surface area contributed by atoms with E-state index in [1.165, 1.54) is 31.2 Å². The van der Waals surface area contributed by atoms with Crippen molar-refractivity contribution in [3.8, 4) is 5.75 Å². The molecule has 1 aromatic carbocycles. The summed E-state index contributed by atoms with van der Waals surface area (Å²) in [5.41, 5.74) is 1.20. The number of nitrogens with one attached hydrogen (secondary N) is 1. The average molecular weight is 309 g/mol. The molecule has 0 aromatic heterocycles. The number of nitrogens with zero attached hydrogens (tertiary/aromatic N) is 1. The van der Waals surface area contributed by atoms with Gasteiger partial charge in [0.15, 0.2) is 0 Å². The number of piperidine rings is 1. The molecule has 3 rings (SSSR count). The predicted octanol–water partition coefficient (Wildman–Crippen LogP) is 3.48. The van der Waals surface area contributed by atoms with E-state index in [2.05, 4.69) is 23.3 Å². The van der Waals surface area contributed by atoms with E-state index >= 15 is 0 Å². The van der Waals surface area contributed by atoms with Crippen LogP contribution in [0.1, 0.15) is 37.3 Å². The molecule has 1 N–H and O–H groups in total. The first-order valence-corrected chi connectivity index (χ1v) is 8.24. The maximum absolute atomic E-state index is 6.22. The third-order valence-corrected chi connectivity index (χ3v) is 5.68. The van der Waals surface area contributed by atoms with Crippen LogP contribution in [-0.4, -0.2) is 38.2 Å². The molecule has 4 heteroatoms. The molecule has 116 valence electrons. The van der Waals surface area contributed by atoms with E-state index in [1.807, 2.05) is 19.2 Å². The Bertz CT molecular complexity index is 494. The fraction of sp³-hybridized carbons (Fsp3) is 0.647. The van der Waals surface area contributed by atoms with Gasteiger partial charge in [0.1, 0.15) is 5.75 Å². The van der Waals surface area contributed by atoms with Gasteiger partial charge in [-0.2, -0.15) is 0 Å². The highest BCUT2D eigenvalue weighted by Crippen LogP contribution is 2.44. The zero-order chi connectivity index (χ0) is 15.0. The van der Waals surface area contributed by atoms with Gasteiger partial charge in [-0.05, 0) is 63.9 Å². The van der Waals surface area contributed by atoms with Crippen molar-refractivity contribution in [2.45, 2.75) is 43.8 Å². The number of fused-ring (bicyclic) bond motifs is 2. The Hall–Kier alpha value is -0.770. The van der Waals surface area contributed by atoms with Gasteiger partial charge in [0.05, 0.1) is 7.11 Å². The Balaban J connectivity index is 1.87. The highest BCUT2D eigenvalue weighted by Gasteiger charge is 2.41. The summed E-state index contributed by atoms with van der Waals surface area (Å²) in [4.78, 5) is 2.58. The van der Waals surface area contributed by atoms with Crippen LogP contribution in [0.3, 0.4) is 0 Å². The molecule has 0 amide bonds. The lowest BCUT2D eigenvalue weighted by atomic mass is 9.82. The maximum atomic E-state index is 6.22. The van der Waals surface area contributed by atoms with Gasteiger partial charge in [-0.1, -0.05) is 11.6 Å². The maximum Gasteiger partial charge on any atom is 0.123 e. The summed E-state index contributed by atoms with van der Waals surface area (Å²) < 4.78 is 5.56. The molecule has 0 saturated carbocycles. The third-order valence-electron chi connectivity index (χ3n) is 5.44. The van der Waals surface area contributed by atoms with Crippen LogP contribution in [0.5, 0.6) is 5.75 Å².